The first-order valence-corrected chi connectivity index (χ1v) is 12.5. The Labute approximate surface area is 216 Å². The zero-order valence-electron chi connectivity index (χ0n) is 20.3. The topological polar surface area (TPSA) is 117 Å². The molecule has 0 atom stereocenters. The van der Waals surface area contributed by atoms with Crippen LogP contribution >= 0.6 is 0 Å². The van der Waals surface area contributed by atoms with Crippen molar-refractivity contribution in [3.05, 3.63) is 73.2 Å². The third kappa shape index (κ3) is 4.14. The van der Waals surface area contributed by atoms with Gasteiger partial charge in [0.15, 0.2) is 5.82 Å². The molecule has 0 aliphatic carbocycles. The van der Waals surface area contributed by atoms with Crippen molar-refractivity contribution < 1.29 is 9.13 Å². The van der Waals surface area contributed by atoms with E-state index in [-0.39, 0.29) is 11.9 Å². The third-order valence-electron chi connectivity index (χ3n) is 6.80. The smallest absolute Gasteiger partial charge is 0.159 e. The highest BCUT2D eigenvalue weighted by molar-refractivity contribution is 5.97. The van der Waals surface area contributed by atoms with Crippen LogP contribution in [0.2, 0.25) is 0 Å². The van der Waals surface area contributed by atoms with Crippen molar-refractivity contribution in [1.29, 1.82) is 0 Å². The molecule has 6 heterocycles. The summed E-state index contributed by atoms with van der Waals surface area (Å²) in [4.78, 5) is 21.5. The molecule has 6 aromatic rings. The van der Waals surface area contributed by atoms with Crippen LogP contribution in [0.4, 0.5) is 4.39 Å². The Balaban J connectivity index is 1.26. The monoisotopic (exact) mass is 506 g/mol. The number of pyridine rings is 3. The molecule has 7 rings (SSSR count). The van der Waals surface area contributed by atoms with Gasteiger partial charge in [0.05, 0.1) is 40.8 Å². The molecule has 9 nitrogen and oxygen atoms in total. The Morgan fingerprint density at radius 3 is 2.68 bits per heavy atom. The van der Waals surface area contributed by atoms with E-state index in [0.717, 1.165) is 64.9 Å². The van der Waals surface area contributed by atoms with Gasteiger partial charge in [-0.1, -0.05) is 12.1 Å². The predicted octanol–water partition coefficient (Wildman–Crippen LogP) is 4.90. The van der Waals surface area contributed by atoms with Crippen molar-refractivity contribution in [3.63, 3.8) is 0 Å². The average molecular weight is 507 g/mol. The van der Waals surface area contributed by atoms with Gasteiger partial charge in [0.2, 0.25) is 0 Å². The Morgan fingerprint density at radius 2 is 1.79 bits per heavy atom. The van der Waals surface area contributed by atoms with Crippen LogP contribution in [-0.2, 0) is 0 Å². The summed E-state index contributed by atoms with van der Waals surface area (Å²) in [5, 5.41) is 11.8. The van der Waals surface area contributed by atoms with E-state index in [0.29, 0.717) is 22.6 Å². The van der Waals surface area contributed by atoms with Gasteiger partial charge in [0, 0.05) is 28.9 Å². The van der Waals surface area contributed by atoms with Crippen molar-refractivity contribution >= 4 is 21.9 Å². The minimum absolute atomic E-state index is 0.184. The van der Waals surface area contributed by atoms with Gasteiger partial charge < -0.3 is 15.0 Å². The summed E-state index contributed by atoms with van der Waals surface area (Å²) in [6.45, 7) is 1.92. The van der Waals surface area contributed by atoms with Crippen molar-refractivity contribution in [1.82, 2.24) is 40.4 Å². The highest BCUT2D eigenvalue weighted by atomic mass is 19.1. The van der Waals surface area contributed by atoms with Gasteiger partial charge in [0.1, 0.15) is 23.4 Å². The third-order valence-corrected chi connectivity index (χ3v) is 6.80. The lowest BCUT2D eigenvalue weighted by molar-refractivity contribution is 0.162. The van der Waals surface area contributed by atoms with Gasteiger partial charge >= 0.3 is 0 Å². The zero-order chi connectivity index (χ0) is 25.5. The maximum absolute atomic E-state index is 13.9. The van der Waals surface area contributed by atoms with Gasteiger partial charge in [-0.25, -0.2) is 9.37 Å². The first-order chi connectivity index (χ1) is 18.7. The van der Waals surface area contributed by atoms with E-state index in [1.165, 1.54) is 12.1 Å². The summed E-state index contributed by atoms with van der Waals surface area (Å²) in [5.74, 6) is 1.00. The van der Waals surface area contributed by atoms with E-state index in [1.54, 1.807) is 37.1 Å². The van der Waals surface area contributed by atoms with E-state index >= 15 is 0 Å². The standard InChI is InChI=1S/C28H23FN8O/c29-18-3-1-2-16(8-18)22-13-32-14-25-26(22)35-28(34-25)27-21-10-23(33-15-24(21)36-37-27)17-9-20(12-31-11-17)38-19-4-6-30-7-5-19/h1-3,8-15,19,30H,4-7H2,(H,34,35)(H,36,37). The molecule has 1 aliphatic rings. The van der Waals surface area contributed by atoms with E-state index < -0.39 is 0 Å². The van der Waals surface area contributed by atoms with Crippen LogP contribution in [0.15, 0.2) is 67.4 Å². The zero-order valence-corrected chi connectivity index (χ0v) is 20.3. The summed E-state index contributed by atoms with van der Waals surface area (Å²) in [7, 11) is 0. The fourth-order valence-corrected chi connectivity index (χ4v) is 4.90. The van der Waals surface area contributed by atoms with Crippen LogP contribution in [0.3, 0.4) is 0 Å². The number of aromatic amines is 2. The van der Waals surface area contributed by atoms with Crippen LogP contribution < -0.4 is 10.1 Å². The summed E-state index contributed by atoms with van der Waals surface area (Å²) in [6.07, 6.45) is 10.8. The van der Waals surface area contributed by atoms with Gasteiger partial charge in [-0.15, -0.1) is 0 Å². The highest BCUT2D eigenvalue weighted by Crippen LogP contribution is 2.32. The van der Waals surface area contributed by atoms with Crippen LogP contribution in [0, 0.1) is 5.82 Å². The van der Waals surface area contributed by atoms with Gasteiger partial charge in [-0.05, 0) is 55.8 Å². The van der Waals surface area contributed by atoms with Crippen LogP contribution in [0.25, 0.3) is 55.8 Å². The molecule has 0 spiro atoms. The lowest BCUT2D eigenvalue weighted by Gasteiger charge is -2.23. The molecule has 1 saturated heterocycles. The predicted molar refractivity (Wildman–Crippen MR) is 142 cm³/mol. The number of ether oxygens (including phenoxy) is 1. The van der Waals surface area contributed by atoms with E-state index in [4.69, 9.17) is 9.72 Å². The maximum Gasteiger partial charge on any atom is 0.159 e. The minimum Gasteiger partial charge on any atom is -0.489 e. The van der Waals surface area contributed by atoms with Gasteiger partial charge in [-0.3, -0.25) is 20.1 Å². The molecular weight excluding hydrogens is 483 g/mol. The SMILES string of the molecule is Fc1cccc(-c2cncc3[nH]c(-c4n[nH]c5cnc(-c6cncc(OC7CCNCC7)c6)cc45)nc23)c1. The second kappa shape index (κ2) is 9.31. The molecule has 1 aliphatic heterocycles. The first kappa shape index (κ1) is 22.5. The van der Waals surface area contributed by atoms with Crippen LogP contribution in [0.5, 0.6) is 5.75 Å². The second-order valence-electron chi connectivity index (χ2n) is 9.34. The number of nitrogens with zero attached hydrogens (tertiary/aromatic N) is 5. The molecule has 1 aromatic carbocycles. The number of rotatable bonds is 5. The molecule has 0 unspecified atom stereocenters. The van der Waals surface area contributed by atoms with Crippen LogP contribution in [-0.4, -0.2) is 54.3 Å². The molecule has 0 saturated carbocycles. The molecule has 0 radical (unpaired) electrons. The quantitative estimate of drug-likeness (QED) is 0.305. The van der Waals surface area contributed by atoms with E-state index in [9.17, 15) is 4.39 Å². The number of nitrogens with one attached hydrogen (secondary N) is 3. The Morgan fingerprint density at radius 1 is 0.895 bits per heavy atom. The number of hydrogen-bond donors (Lipinski definition) is 3. The molecule has 38 heavy (non-hydrogen) atoms. The summed E-state index contributed by atoms with van der Waals surface area (Å²) in [6, 6.07) is 10.4. The Hall–Kier alpha value is -4.70. The minimum atomic E-state index is -0.312. The number of hydrogen-bond acceptors (Lipinski definition) is 7. The average Bonchev–Trinajstić information content (AvgIpc) is 3.57. The number of benzene rings is 1. The summed E-state index contributed by atoms with van der Waals surface area (Å²) in [5.41, 5.74) is 5.91. The number of halogens is 1. The highest BCUT2D eigenvalue weighted by Gasteiger charge is 2.18. The van der Waals surface area contributed by atoms with E-state index in [2.05, 4.69) is 35.5 Å². The number of imidazole rings is 1. The number of H-pyrrole nitrogens is 2. The summed E-state index contributed by atoms with van der Waals surface area (Å²) >= 11 is 0. The fourth-order valence-electron chi connectivity index (χ4n) is 4.90. The Bertz CT molecular complexity index is 1770. The fraction of sp³-hybridized carbons (Fsp3) is 0.179. The second-order valence-corrected chi connectivity index (χ2v) is 9.34. The molecule has 0 bridgehead atoms. The van der Waals surface area contributed by atoms with Gasteiger partial charge in [0.25, 0.3) is 0 Å². The van der Waals surface area contributed by atoms with Crippen molar-refractivity contribution in [3.8, 4) is 39.7 Å². The van der Waals surface area contributed by atoms with Crippen molar-refractivity contribution in [2.24, 2.45) is 0 Å². The van der Waals surface area contributed by atoms with Gasteiger partial charge in [-0.2, -0.15) is 5.10 Å². The first-order valence-electron chi connectivity index (χ1n) is 12.5. The molecule has 3 N–H and O–H groups in total. The molecule has 10 heteroatoms. The lowest BCUT2D eigenvalue weighted by Crippen LogP contribution is -2.34. The van der Waals surface area contributed by atoms with Crippen molar-refractivity contribution in [2.45, 2.75) is 18.9 Å². The number of aromatic nitrogens is 7. The van der Waals surface area contributed by atoms with Crippen LogP contribution in [0.1, 0.15) is 12.8 Å². The Kier molecular flexibility index (Phi) is 5.51. The number of piperidine rings is 1. The summed E-state index contributed by atoms with van der Waals surface area (Å²) < 4.78 is 20.1. The molecule has 188 valence electrons. The lowest BCUT2D eigenvalue weighted by atomic mass is 10.1. The molecule has 0 amide bonds. The molecule has 5 aromatic heterocycles. The molecular formula is C28H23FN8O. The maximum atomic E-state index is 13.9. The number of fused-ring (bicyclic) bond motifs is 2. The van der Waals surface area contributed by atoms with E-state index in [1.807, 2.05) is 18.2 Å². The van der Waals surface area contributed by atoms with Crippen molar-refractivity contribution in [2.75, 3.05) is 13.1 Å². The largest absolute Gasteiger partial charge is 0.489 e. The normalized spacial score (nSPS) is 14.3. The molecule has 1 fully saturated rings.